The summed E-state index contributed by atoms with van der Waals surface area (Å²) < 4.78 is 1.69. The van der Waals surface area contributed by atoms with E-state index in [9.17, 15) is 14.9 Å². The summed E-state index contributed by atoms with van der Waals surface area (Å²) in [4.78, 5) is 31.3. The lowest BCUT2D eigenvalue weighted by molar-refractivity contribution is -0.388. The Morgan fingerprint density at radius 1 is 1.17 bits per heavy atom. The van der Waals surface area contributed by atoms with Gasteiger partial charge in [-0.15, -0.1) is 0 Å². The average Bonchev–Trinajstić information content (AvgIpc) is 2.80. The predicted molar refractivity (Wildman–Crippen MR) is 89.8 cm³/mol. The van der Waals surface area contributed by atoms with Gasteiger partial charge in [-0.25, -0.2) is 0 Å². The molecule has 1 aromatic rings. The first kappa shape index (κ1) is 16.7. The van der Waals surface area contributed by atoms with Gasteiger partial charge in [0.1, 0.15) is 0 Å². The van der Waals surface area contributed by atoms with E-state index >= 15 is 0 Å². The van der Waals surface area contributed by atoms with Crippen molar-refractivity contribution in [1.29, 1.82) is 0 Å². The van der Waals surface area contributed by atoms with Crippen molar-refractivity contribution in [3.63, 3.8) is 0 Å². The number of nitrogens with zero attached hydrogens (tertiary/aromatic N) is 5. The highest BCUT2D eigenvalue weighted by atomic mass is 16.6. The molecule has 2 saturated heterocycles. The van der Waals surface area contributed by atoms with Gasteiger partial charge >= 0.3 is 5.82 Å². The minimum absolute atomic E-state index is 0.0478. The van der Waals surface area contributed by atoms with Crippen molar-refractivity contribution in [3.05, 3.63) is 16.4 Å². The number of hydrogen-bond acceptors (Lipinski definition) is 5. The molecule has 8 heteroatoms. The van der Waals surface area contributed by atoms with Crippen LogP contribution in [-0.4, -0.2) is 51.5 Å². The van der Waals surface area contributed by atoms with Crippen molar-refractivity contribution >= 4 is 17.5 Å². The molecule has 1 amide bonds. The molecular formula is C16H25N5O3. The predicted octanol–water partition coefficient (Wildman–Crippen LogP) is 1.95. The van der Waals surface area contributed by atoms with Gasteiger partial charge in [0, 0.05) is 39.1 Å². The first-order valence-electron chi connectivity index (χ1n) is 8.77. The number of piperidine rings is 1. The molecule has 132 valence electrons. The van der Waals surface area contributed by atoms with E-state index in [1.165, 1.54) is 19.2 Å². The Morgan fingerprint density at radius 2 is 1.79 bits per heavy atom. The van der Waals surface area contributed by atoms with E-state index in [0.717, 1.165) is 38.8 Å². The zero-order valence-electron chi connectivity index (χ0n) is 14.2. The molecule has 0 radical (unpaired) electrons. The molecule has 8 nitrogen and oxygen atoms in total. The van der Waals surface area contributed by atoms with E-state index in [1.807, 2.05) is 9.80 Å². The highest BCUT2D eigenvalue weighted by Gasteiger charge is 2.33. The molecule has 2 aliphatic rings. The first-order valence-corrected chi connectivity index (χ1v) is 8.77. The fourth-order valence-electron chi connectivity index (χ4n) is 3.79. The molecule has 2 aliphatic heterocycles. The van der Waals surface area contributed by atoms with Crippen LogP contribution < -0.4 is 4.90 Å². The number of aryl methyl sites for hydroxylation is 1. The third-order valence-electron chi connectivity index (χ3n) is 5.12. The SMILES string of the molecule is Cn1cnc([N+](=O)[O-])c1N1CCC(C(=O)N2CCCCCC2)CC1. The number of carbonyl (C=O) groups is 1. The first-order chi connectivity index (χ1) is 11.6. The lowest BCUT2D eigenvalue weighted by atomic mass is 9.95. The Balaban J connectivity index is 1.62. The third kappa shape index (κ3) is 3.37. The molecule has 1 aromatic heterocycles. The molecule has 0 N–H and O–H groups in total. The summed E-state index contributed by atoms with van der Waals surface area (Å²) in [6.45, 7) is 3.08. The van der Waals surface area contributed by atoms with Gasteiger partial charge in [-0.05, 0) is 35.6 Å². The fourth-order valence-corrected chi connectivity index (χ4v) is 3.79. The van der Waals surface area contributed by atoms with Gasteiger partial charge in [-0.2, -0.15) is 0 Å². The Morgan fingerprint density at radius 3 is 2.38 bits per heavy atom. The second-order valence-electron chi connectivity index (χ2n) is 6.76. The average molecular weight is 335 g/mol. The molecule has 3 heterocycles. The number of carbonyl (C=O) groups excluding carboxylic acids is 1. The molecule has 2 fully saturated rings. The van der Waals surface area contributed by atoms with Crippen molar-refractivity contribution in [2.75, 3.05) is 31.1 Å². The van der Waals surface area contributed by atoms with Gasteiger partial charge in [0.05, 0.1) is 0 Å². The van der Waals surface area contributed by atoms with Gasteiger partial charge in [-0.3, -0.25) is 9.36 Å². The van der Waals surface area contributed by atoms with Gasteiger partial charge in [0.15, 0.2) is 0 Å². The number of imidazole rings is 1. The van der Waals surface area contributed by atoms with E-state index < -0.39 is 4.92 Å². The quantitative estimate of drug-likeness (QED) is 0.622. The van der Waals surface area contributed by atoms with Crippen LogP contribution in [0.15, 0.2) is 6.33 Å². The lowest BCUT2D eigenvalue weighted by Gasteiger charge is -2.34. The summed E-state index contributed by atoms with van der Waals surface area (Å²) in [7, 11) is 1.77. The van der Waals surface area contributed by atoms with Crippen LogP contribution in [0.2, 0.25) is 0 Å². The number of nitro groups is 1. The monoisotopic (exact) mass is 335 g/mol. The van der Waals surface area contributed by atoms with Crippen LogP contribution in [0.5, 0.6) is 0 Å². The normalized spacial score (nSPS) is 20.0. The maximum Gasteiger partial charge on any atom is 0.406 e. The van der Waals surface area contributed by atoms with Crippen molar-refractivity contribution in [2.45, 2.75) is 38.5 Å². The maximum absolute atomic E-state index is 12.7. The minimum atomic E-state index is -0.441. The highest BCUT2D eigenvalue weighted by Crippen LogP contribution is 2.30. The largest absolute Gasteiger partial charge is 0.406 e. The van der Waals surface area contributed by atoms with Crippen LogP contribution >= 0.6 is 0 Å². The molecule has 0 atom stereocenters. The highest BCUT2D eigenvalue weighted by molar-refractivity contribution is 5.79. The number of rotatable bonds is 3. The second-order valence-corrected chi connectivity index (χ2v) is 6.76. The Bertz CT molecular complexity index is 599. The molecule has 24 heavy (non-hydrogen) atoms. The van der Waals surface area contributed by atoms with Crippen LogP contribution in [0.4, 0.5) is 11.6 Å². The summed E-state index contributed by atoms with van der Waals surface area (Å²) in [6, 6.07) is 0. The van der Waals surface area contributed by atoms with Crippen LogP contribution in [0.25, 0.3) is 0 Å². The molecular weight excluding hydrogens is 310 g/mol. The summed E-state index contributed by atoms with van der Waals surface area (Å²) in [5.41, 5.74) is 0. The summed E-state index contributed by atoms with van der Waals surface area (Å²) >= 11 is 0. The summed E-state index contributed by atoms with van der Waals surface area (Å²) in [5, 5.41) is 11.1. The topological polar surface area (TPSA) is 84.5 Å². The van der Waals surface area contributed by atoms with Gasteiger partial charge in [0.2, 0.25) is 18.1 Å². The number of anilines is 1. The Hall–Kier alpha value is -2.12. The smallest absolute Gasteiger partial charge is 0.358 e. The van der Waals surface area contributed by atoms with Crippen molar-refractivity contribution in [1.82, 2.24) is 14.5 Å². The number of amides is 1. The zero-order chi connectivity index (χ0) is 17.1. The van der Waals surface area contributed by atoms with E-state index in [-0.39, 0.29) is 17.6 Å². The second kappa shape index (κ2) is 7.19. The summed E-state index contributed by atoms with van der Waals surface area (Å²) in [5.74, 6) is 0.762. The van der Waals surface area contributed by atoms with Crippen molar-refractivity contribution in [3.8, 4) is 0 Å². The fraction of sp³-hybridized carbons (Fsp3) is 0.750. The molecule has 0 bridgehead atoms. The third-order valence-corrected chi connectivity index (χ3v) is 5.12. The van der Waals surface area contributed by atoms with E-state index in [2.05, 4.69) is 4.98 Å². The number of aromatic nitrogens is 2. The molecule has 0 spiro atoms. The van der Waals surface area contributed by atoms with Crippen LogP contribution in [-0.2, 0) is 11.8 Å². The standard InChI is InChI=1S/C16H25N5O3/c1-18-12-17-14(21(23)24)15(18)19-10-6-13(7-11-19)16(22)20-8-4-2-3-5-9-20/h12-13H,2-11H2,1H3. The molecule has 0 saturated carbocycles. The van der Waals surface area contributed by atoms with Crippen molar-refractivity contribution in [2.24, 2.45) is 13.0 Å². The van der Waals surface area contributed by atoms with Crippen molar-refractivity contribution < 1.29 is 9.72 Å². The van der Waals surface area contributed by atoms with Crippen LogP contribution in [0.1, 0.15) is 38.5 Å². The van der Waals surface area contributed by atoms with Gasteiger partial charge in [0.25, 0.3) is 0 Å². The zero-order valence-corrected chi connectivity index (χ0v) is 14.2. The minimum Gasteiger partial charge on any atom is -0.358 e. The Labute approximate surface area is 141 Å². The molecule has 0 unspecified atom stereocenters. The van der Waals surface area contributed by atoms with E-state index in [1.54, 1.807) is 11.6 Å². The number of hydrogen-bond donors (Lipinski definition) is 0. The van der Waals surface area contributed by atoms with Crippen LogP contribution in [0.3, 0.4) is 0 Å². The molecule has 0 aromatic carbocycles. The van der Waals surface area contributed by atoms with Crippen LogP contribution in [0, 0.1) is 16.0 Å². The maximum atomic E-state index is 12.7. The summed E-state index contributed by atoms with van der Waals surface area (Å²) in [6.07, 6.45) is 7.60. The number of likely N-dealkylation sites (tertiary alicyclic amines) is 1. The van der Waals surface area contributed by atoms with E-state index in [0.29, 0.717) is 18.9 Å². The molecule has 3 rings (SSSR count). The lowest BCUT2D eigenvalue weighted by Crippen LogP contribution is -2.43. The van der Waals surface area contributed by atoms with E-state index in [4.69, 9.17) is 0 Å². The Kier molecular flexibility index (Phi) is 5.01. The molecule has 0 aliphatic carbocycles. The van der Waals surface area contributed by atoms with Gasteiger partial charge < -0.3 is 19.9 Å². The van der Waals surface area contributed by atoms with Gasteiger partial charge in [-0.1, -0.05) is 12.8 Å².